The van der Waals surface area contributed by atoms with Crippen molar-refractivity contribution in [1.82, 2.24) is 4.90 Å². The van der Waals surface area contributed by atoms with Crippen molar-refractivity contribution in [1.29, 1.82) is 0 Å². The lowest BCUT2D eigenvalue weighted by atomic mass is 9.83. The number of hydrogen-bond acceptors (Lipinski definition) is 4. The van der Waals surface area contributed by atoms with Gasteiger partial charge in [0.05, 0.1) is 20.3 Å². The molecule has 3 heterocycles. The smallest absolute Gasteiger partial charge is 0.126 e. The summed E-state index contributed by atoms with van der Waals surface area (Å²) in [5.74, 6) is 2.00. The Balaban J connectivity index is 1.98. The Labute approximate surface area is 119 Å². The van der Waals surface area contributed by atoms with Gasteiger partial charge in [-0.15, -0.1) is 0 Å². The molecule has 1 unspecified atom stereocenters. The molecule has 0 amide bonds. The van der Waals surface area contributed by atoms with Gasteiger partial charge in [0.2, 0.25) is 0 Å². The summed E-state index contributed by atoms with van der Waals surface area (Å²) >= 11 is 0. The first-order valence-corrected chi connectivity index (χ1v) is 7.09. The van der Waals surface area contributed by atoms with Crippen LogP contribution in [-0.4, -0.2) is 43.4 Å². The fourth-order valence-electron chi connectivity index (χ4n) is 3.19. The molecule has 4 nitrogen and oxygen atoms in total. The van der Waals surface area contributed by atoms with E-state index in [4.69, 9.17) is 9.47 Å². The molecule has 0 saturated carbocycles. The van der Waals surface area contributed by atoms with E-state index < -0.39 is 0 Å². The van der Waals surface area contributed by atoms with Crippen LogP contribution in [0.4, 0.5) is 0 Å². The van der Waals surface area contributed by atoms with Crippen LogP contribution >= 0.6 is 0 Å². The van der Waals surface area contributed by atoms with Gasteiger partial charge in [-0.1, -0.05) is 0 Å². The second-order valence-corrected chi connectivity index (χ2v) is 5.45. The molecule has 0 radical (unpaired) electrons. The molecule has 3 saturated heterocycles. The SMILES string of the molecule is COc1ccc(OC)c(/C=C2\C(O)C3CCN2CC3)c1. The van der Waals surface area contributed by atoms with Gasteiger partial charge in [-0.2, -0.15) is 0 Å². The van der Waals surface area contributed by atoms with Gasteiger partial charge >= 0.3 is 0 Å². The molecule has 20 heavy (non-hydrogen) atoms. The van der Waals surface area contributed by atoms with E-state index in [1.54, 1.807) is 14.2 Å². The van der Waals surface area contributed by atoms with E-state index in [0.717, 1.165) is 48.7 Å². The van der Waals surface area contributed by atoms with Gasteiger partial charge in [-0.05, 0) is 43.0 Å². The fraction of sp³-hybridized carbons (Fsp3) is 0.500. The van der Waals surface area contributed by atoms with Crippen LogP contribution in [0.15, 0.2) is 23.9 Å². The molecule has 1 aromatic carbocycles. The van der Waals surface area contributed by atoms with E-state index in [2.05, 4.69) is 4.90 Å². The highest BCUT2D eigenvalue weighted by Gasteiger charge is 2.36. The van der Waals surface area contributed by atoms with Crippen molar-refractivity contribution in [3.8, 4) is 11.5 Å². The Bertz CT molecular complexity index is 514. The van der Waals surface area contributed by atoms with Gasteiger partial charge in [-0.3, -0.25) is 0 Å². The summed E-state index contributed by atoms with van der Waals surface area (Å²) in [5, 5.41) is 10.4. The molecule has 3 fully saturated rings. The lowest BCUT2D eigenvalue weighted by Gasteiger charge is -2.46. The lowest BCUT2D eigenvalue weighted by Crippen LogP contribution is -2.48. The normalized spacial score (nSPS) is 26.9. The van der Waals surface area contributed by atoms with Crippen molar-refractivity contribution >= 4 is 6.08 Å². The van der Waals surface area contributed by atoms with Gasteiger partial charge in [0.1, 0.15) is 11.5 Å². The van der Waals surface area contributed by atoms with Gasteiger partial charge in [-0.25, -0.2) is 0 Å². The molecular weight excluding hydrogens is 254 g/mol. The zero-order chi connectivity index (χ0) is 14.1. The molecule has 0 aliphatic carbocycles. The Hall–Kier alpha value is -1.68. The molecule has 4 rings (SSSR count). The molecule has 1 atom stereocenters. The lowest BCUT2D eigenvalue weighted by molar-refractivity contribution is 0.0215. The molecule has 3 aliphatic rings. The number of benzene rings is 1. The monoisotopic (exact) mass is 275 g/mol. The highest BCUT2D eigenvalue weighted by Crippen LogP contribution is 2.37. The number of ether oxygens (including phenoxy) is 2. The molecule has 1 aromatic rings. The maximum absolute atomic E-state index is 10.4. The van der Waals surface area contributed by atoms with E-state index in [0.29, 0.717) is 5.92 Å². The van der Waals surface area contributed by atoms with E-state index >= 15 is 0 Å². The number of rotatable bonds is 3. The molecule has 2 bridgehead atoms. The van der Waals surface area contributed by atoms with E-state index in [9.17, 15) is 5.11 Å². The number of aliphatic hydroxyl groups excluding tert-OH is 1. The van der Waals surface area contributed by atoms with Crippen LogP contribution in [0.5, 0.6) is 11.5 Å². The number of piperidine rings is 3. The van der Waals surface area contributed by atoms with Gasteiger partial charge < -0.3 is 19.5 Å². The van der Waals surface area contributed by atoms with E-state index in [1.807, 2.05) is 24.3 Å². The first kappa shape index (κ1) is 13.3. The van der Waals surface area contributed by atoms with Crippen LogP contribution in [0, 0.1) is 5.92 Å². The van der Waals surface area contributed by atoms with Crippen molar-refractivity contribution in [2.75, 3.05) is 27.3 Å². The third kappa shape index (κ3) is 2.24. The minimum absolute atomic E-state index is 0.353. The summed E-state index contributed by atoms with van der Waals surface area (Å²) in [4.78, 5) is 2.28. The van der Waals surface area contributed by atoms with Crippen LogP contribution in [0.2, 0.25) is 0 Å². The Morgan fingerprint density at radius 1 is 1.20 bits per heavy atom. The largest absolute Gasteiger partial charge is 0.497 e. The van der Waals surface area contributed by atoms with Crippen LogP contribution in [0.3, 0.4) is 0 Å². The Morgan fingerprint density at radius 3 is 2.55 bits per heavy atom. The molecule has 3 aliphatic heterocycles. The number of methoxy groups -OCH3 is 2. The van der Waals surface area contributed by atoms with Crippen molar-refractivity contribution in [3.63, 3.8) is 0 Å². The minimum Gasteiger partial charge on any atom is -0.497 e. The third-order valence-electron chi connectivity index (χ3n) is 4.39. The standard InChI is InChI=1S/C16H21NO3/c1-19-13-3-4-15(20-2)12(9-13)10-14-16(18)11-5-7-17(14)8-6-11/h3-4,9-11,16,18H,5-8H2,1-2H3/b14-10+. The van der Waals surface area contributed by atoms with E-state index in [-0.39, 0.29) is 6.10 Å². The maximum Gasteiger partial charge on any atom is 0.126 e. The minimum atomic E-state index is -0.353. The van der Waals surface area contributed by atoms with Crippen LogP contribution in [-0.2, 0) is 0 Å². The number of fused-ring (bicyclic) bond motifs is 3. The summed E-state index contributed by atoms with van der Waals surface area (Å²) in [6.45, 7) is 2.08. The average molecular weight is 275 g/mol. The predicted octanol–water partition coefficient (Wildman–Crippen LogP) is 2.13. The van der Waals surface area contributed by atoms with Crippen molar-refractivity contribution < 1.29 is 14.6 Å². The number of hydrogen-bond donors (Lipinski definition) is 1. The summed E-state index contributed by atoms with van der Waals surface area (Å²) in [6, 6.07) is 5.72. The molecule has 1 N–H and O–H groups in total. The Kier molecular flexibility index (Phi) is 3.57. The fourth-order valence-corrected chi connectivity index (χ4v) is 3.19. The van der Waals surface area contributed by atoms with Crippen molar-refractivity contribution in [3.05, 3.63) is 29.5 Å². The first-order valence-electron chi connectivity index (χ1n) is 7.09. The third-order valence-corrected chi connectivity index (χ3v) is 4.39. The molecular formula is C16H21NO3. The van der Waals surface area contributed by atoms with Crippen molar-refractivity contribution in [2.24, 2.45) is 5.92 Å². The summed E-state index contributed by atoms with van der Waals surface area (Å²) in [5.41, 5.74) is 1.97. The van der Waals surface area contributed by atoms with Crippen LogP contribution in [0.25, 0.3) is 6.08 Å². The second kappa shape index (κ2) is 5.37. The molecule has 0 spiro atoms. The quantitative estimate of drug-likeness (QED) is 0.917. The zero-order valence-electron chi connectivity index (χ0n) is 12.0. The average Bonchev–Trinajstić information content (AvgIpc) is 2.51. The summed E-state index contributed by atoms with van der Waals surface area (Å²) < 4.78 is 10.7. The molecule has 0 aromatic heterocycles. The van der Waals surface area contributed by atoms with Crippen LogP contribution < -0.4 is 9.47 Å². The second-order valence-electron chi connectivity index (χ2n) is 5.45. The number of nitrogens with zero attached hydrogens (tertiary/aromatic N) is 1. The summed E-state index contributed by atoms with van der Waals surface area (Å²) in [7, 11) is 3.31. The highest BCUT2D eigenvalue weighted by molar-refractivity contribution is 5.62. The topological polar surface area (TPSA) is 41.9 Å². The highest BCUT2D eigenvalue weighted by atomic mass is 16.5. The Morgan fingerprint density at radius 2 is 1.95 bits per heavy atom. The van der Waals surface area contributed by atoms with Gasteiger partial charge in [0.15, 0.2) is 0 Å². The number of aliphatic hydroxyl groups is 1. The van der Waals surface area contributed by atoms with Gasteiger partial charge in [0, 0.05) is 24.4 Å². The molecule has 4 heteroatoms. The van der Waals surface area contributed by atoms with Crippen molar-refractivity contribution in [2.45, 2.75) is 18.9 Å². The zero-order valence-corrected chi connectivity index (χ0v) is 12.0. The summed E-state index contributed by atoms with van der Waals surface area (Å²) in [6.07, 6.45) is 3.87. The van der Waals surface area contributed by atoms with Gasteiger partial charge in [0.25, 0.3) is 0 Å². The first-order chi connectivity index (χ1) is 9.72. The van der Waals surface area contributed by atoms with Crippen LogP contribution in [0.1, 0.15) is 18.4 Å². The maximum atomic E-state index is 10.4. The predicted molar refractivity (Wildman–Crippen MR) is 77.8 cm³/mol. The molecule has 108 valence electrons. The van der Waals surface area contributed by atoms with E-state index in [1.165, 1.54) is 0 Å².